The van der Waals surface area contributed by atoms with E-state index in [0.717, 1.165) is 40.7 Å². The Morgan fingerprint density at radius 1 is 1.00 bits per heavy atom. The lowest BCUT2D eigenvalue weighted by Gasteiger charge is -2.13. The molecular formula is C23H20N4OS. The van der Waals surface area contributed by atoms with E-state index in [9.17, 15) is 4.79 Å². The molecule has 0 bridgehead atoms. The van der Waals surface area contributed by atoms with Gasteiger partial charge in [-0.1, -0.05) is 48.5 Å². The van der Waals surface area contributed by atoms with E-state index in [1.807, 2.05) is 60.7 Å². The first-order valence-electron chi connectivity index (χ1n) is 9.78. The number of rotatable bonds is 4. The predicted molar refractivity (Wildman–Crippen MR) is 120 cm³/mol. The van der Waals surface area contributed by atoms with Crippen LogP contribution in [0.4, 0.5) is 5.95 Å². The second kappa shape index (κ2) is 7.64. The monoisotopic (exact) mass is 400 g/mol. The fraction of sp³-hybridized carbons (Fsp3) is 0.174. The standard InChI is InChI=1S/C23H20N4OS/c28-22-20-18-13-7-8-14-19(18)29-21(20)25-23(27(22)17-11-5-2-6-12-17)26-24-15-16-9-3-1-4-10-16/h1-6,9-12,15H,7-8,13-14H2,(H,25,26). The zero-order chi connectivity index (χ0) is 19.6. The molecule has 1 aliphatic carbocycles. The van der Waals surface area contributed by atoms with Crippen LogP contribution >= 0.6 is 11.3 Å². The van der Waals surface area contributed by atoms with Crippen molar-refractivity contribution >= 4 is 33.7 Å². The van der Waals surface area contributed by atoms with Crippen molar-refractivity contribution in [1.29, 1.82) is 0 Å². The fourth-order valence-electron chi connectivity index (χ4n) is 3.80. The maximum absolute atomic E-state index is 13.6. The number of hydrazone groups is 1. The molecule has 0 fully saturated rings. The number of anilines is 1. The summed E-state index contributed by atoms with van der Waals surface area (Å²) in [6, 6.07) is 19.4. The topological polar surface area (TPSA) is 59.3 Å². The molecule has 0 amide bonds. The molecule has 2 heterocycles. The van der Waals surface area contributed by atoms with Gasteiger partial charge in [0, 0.05) is 4.88 Å². The average Bonchev–Trinajstić information content (AvgIpc) is 3.14. The molecule has 0 aliphatic heterocycles. The summed E-state index contributed by atoms with van der Waals surface area (Å²) in [6.45, 7) is 0. The van der Waals surface area contributed by atoms with Crippen LogP contribution in [0, 0.1) is 0 Å². The molecule has 0 saturated carbocycles. The van der Waals surface area contributed by atoms with E-state index < -0.39 is 0 Å². The molecule has 0 spiro atoms. The lowest BCUT2D eigenvalue weighted by Crippen LogP contribution is -2.23. The van der Waals surface area contributed by atoms with Gasteiger partial charge in [0.05, 0.1) is 17.3 Å². The number of hydrogen-bond acceptors (Lipinski definition) is 5. The first-order valence-corrected chi connectivity index (χ1v) is 10.6. The number of aromatic nitrogens is 2. The minimum atomic E-state index is -0.0296. The maximum Gasteiger partial charge on any atom is 0.268 e. The highest BCUT2D eigenvalue weighted by molar-refractivity contribution is 7.18. The SMILES string of the molecule is O=c1c2c3c(sc2nc(NN=Cc2ccccc2)n1-c1ccccc1)CCCC3. The molecule has 0 radical (unpaired) electrons. The second-order valence-corrected chi connectivity index (χ2v) is 8.17. The number of nitrogens with one attached hydrogen (secondary N) is 1. The lowest BCUT2D eigenvalue weighted by molar-refractivity contribution is 0.699. The zero-order valence-corrected chi connectivity index (χ0v) is 16.7. The summed E-state index contributed by atoms with van der Waals surface area (Å²) in [5.41, 5.74) is 5.92. The highest BCUT2D eigenvalue weighted by Gasteiger charge is 2.22. The third-order valence-corrected chi connectivity index (χ3v) is 6.37. The first-order chi connectivity index (χ1) is 14.3. The van der Waals surface area contributed by atoms with Crippen molar-refractivity contribution in [3.8, 4) is 5.69 Å². The normalized spacial score (nSPS) is 13.7. The van der Waals surface area contributed by atoms with Crippen LogP contribution in [0.5, 0.6) is 0 Å². The molecule has 1 aliphatic rings. The predicted octanol–water partition coefficient (Wildman–Crippen LogP) is 4.77. The molecule has 1 N–H and O–H groups in total. The Hall–Kier alpha value is -3.25. The van der Waals surface area contributed by atoms with E-state index in [2.05, 4.69) is 10.5 Å². The molecule has 0 saturated heterocycles. The largest absolute Gasteiger partial charge is 0.268 e. The van der Waals surface area contributed by atoms with Crippen LogP contribution in [0.25, 0.3) is 15.9 Å². The van der Waals surface area contributed by atoms with Crippen LogP contribution in [0.1, 0.15) is 28.8 Å². The van der Waals surface area contributed by atoms with Crippen molar-refractivity contribution in [1.82, 2.24) is 9.55 Å². The number of hydrogen-bond donors (Lipinski definition) is 1. The van der Waals surface area contributed by atoms with Gasteiger partial charge < -0.3 is 0 Å². The number of benzene rings is 2. The van der Waals surface area contributed by atoms with Gasteiger partial charge in [0.1, 0.15) is 4.83 Å². The van der Waals surface area contributed by atoms with Gasteiger partial charge in [0.15, 0.2) is 0 Å². The van der Waals surface area contributed by atoms with Gasteiger partial charge in [0.2, 0.25) is 5.95 Å². The number of para-hydroxylation sites is 1. The van der Waals surface area contributed by atoms with E-state index >= 15 is 0 Å². The Bertz CT molecular complexity index is 1240. The summed E-state index contributed by atoms with van der Waals surface area (Å²) in [5, 5.41) is 5.10. The molecule has 5 nitrogen and oxygen atoms in total. The van der Waals surface area contributed by atoms with E-state index in [4.69, 9.17) is 4.98 Å². The van der Waals surface area contributed by atoms with Crippen molar-refractivity contribution in [2.75, 3.05) is 5.43 Å². The van der Waals surface area contributed by atoms with Crippen LogP contribution in [0.2, 0.25) is 0 Å². The van der Waals surface area contributed by atoms with Crippen LogP contribution in [0.3, 0.4) is 0 Å². The molecule has 0 unspecified atom stereocenters. The molecule has 29 heavy (non-hydrogen) atoms. The zero-order valence-electron chi connectivity index (χ0n) is 15.8. The summed E-state index contributed by atoms with van der Waals surface area (Å²) in [4.78, 5) is 20.5. The Kier molecular flexibility index (Phi) is 4.69. The summed E-state index contributed by atoms with van der Waals surface area (Å²) in [5.74, 6) is 0.430. The van der Waals surface area contributed by atoms with Gasteiger partial charge >= 0.3 is 0 Å². The number of nitrogens with zero attached hydrogens (tertiary/aromatic N) is 3. The molecule has 0 atom stereocenters. The van der Waals surface area contributed by atoms with Crippen molar-refractivity contribution < 1.29 is 0 Å². The van der Waals surface area contributed by atoms with Crippen LogP contribution in [-0.4, -0.2) is 15.8 Å². The van der Waals surface area contributed by atoms with E-state index in [0.29, 0.717) is 5.95 Å². The summed E-state index contributed by atoms with van der Waals surface area (Å²) >= 11 is 1.65. The van der Waals surface area contributed by atoms with Crippen molar-refractivity contribution in [3.63, 3.8) is 0 Å². The Morgan fingerprint density at radius 3 is 2.52 bits per heavy atom. The molecule has 4 aromatic rings. The minimum absolute atomic E-state index is 0.0296. The minimum Gasteiger partial charge on any atom is -0.268 e. The Labute approximate surface area is 172 Å². The lowest BCUT2D eigenvalue weighted by atomic mass is 9.97. The molecule has 6 heteroatoms. The smallest absolute Gasteiger partial charge is 0.268 e. The van der Waals surface area contributed by atoms with Crippen molar-refractivity contribution in [2.24, 2.45) is 5.10 Å². The quantitative estimate of drug-likeness (QED) is 0.396. The molecule has 2 aromatic heterocycles. The maximum atomic E-state index is 13.6. The molecular weight excluding hydrogens is 380 g/mol. The number of aryl methyl sites for hydroxylation is 2. The summed E-state index contributed by atoms with van der Waals surface area (Å²) < 4.78 is 1.63. The second-order valence-electron chi connectivity index (χ2n) is 7.08. The average molecular weight is 401 g/mol. The van der Waals surface area contributed by atoms with Crippen LogP contribution < -0.4 is 11.0 Å². The number of fused-ring (bicyclic) bond motifs is 3. The number of thiophene rings is 1. The molecule has 144 valence electrons. The Morgan fingerprint density at radius 2 is 1.72 bits per heavy atom. The van der Waals surface area contributed by atoms with Gasteiger partial charge in [0.25, 0.3) is 5.56 Å². The van der Waals surface area contributed by atoms with Crippen molar-refractivity contribution in [3.05, 3.63) is 87.0 Å². The summed E-state index contributed by atoms with van der Waals surface area (Å²) in [7, 11) is 0. The molecule has 2 aromatic carbocycles. The van der Waals surface area contributed by atoms with Gasteiger partial charge in [-0.15, -0.1) is 11.3 Å². The van der Waals surface area contributed by atoms with Gasteiger partial charge in [-0.25, -0.2) is 15.0 Å². The van der Waals surface area contributed by atoms with Gasteiger partial charge in [-0.3, -0.25) is 4.79 Å². The third kappa shape index (κ3) is 3.36. The van der Waals surface area contributed by atoms with Crippen LogP contribution in [0.15, 0.2) is 70.6 Å². The third-order valence-electron chi connectivity index (χ3n) is 5.18. The summed E-state index contributed by atoms with van der Waals surface area (Å²) in [6.07, 6.45) is 6.03. The van der Waals surface area contributed by atoms with Crippen molar-refractivity contribution in [2.45, 2.75) is 25.7 Å². The fourth-order valence-corrected chi connectivity index (χ4v) is 5.05. The highest BCUT2D eigenvalue weighted by Crippen LogP contribution is 2.34. The molecule has 5 rings (SSSR count). The van der Waals surface area contributed by atoms with E-state index in [1.165, 1.54) is 16.9 Å². The first kappa shape index (κ1) is 17.8. The Balaban J connectivity index is 1.65. The van der Waals surface area contributed by atoms with E-state index in [1.54, 1.807) is 22.1 Å². The highest BCUT2D eigenvalue weighted by atomic mass is 32.1. The van der Waals surface area contributed by atoms with Gasteiger partial charge in [-0.05, 0) is 48.9 Å². The van der Waals surface area contributed by atoms with Gasteiger partial charge in [-0.2, -0.15) is 5.10 Å². The van der Waals surface area contributed by atoms with Crippen LogP contribution in [-0.2, 0) is 12.8 Å². The van der Waals surface area contributed by atoms with E-state index in [-0.39, 0.29) is 5.56 Å².